The molecule has 0 bridgehead atoms. The Kier molecular flexibility index (Phi) is 4.73. The molecule has 5 aromatic rings. The predicted molar refractivity (Wildman–Crippen MR) is 129 cm³/mol. The van der Waals surface area contributed by atoms with Crippen molar-refractivity contribution in [2.45, 2.75) is 32.4 Å². The van der Waals surface area contributed by atoms with Crippen LogP contribution in [0.3, 0.4) is 0 Å². The zero-order valence-electron chi connectivity index (χ0n) is 19.9. The Hall–Kier alpha value is -4.08. The Bertz CT molecular complexity index is 1600. The highest BCUT2D eigenvalue weighted by Gasteiger charge is 2.44. The van der Waals surface area contributed by atoms with Crippen molar-refractivity contribution in [2.75, 3.05) is 13.7 Å². The summed E-state index contributed by atoms with van der Waals surface area (Å²) in [6.07, 6.45) is 6.19. The molecule has 6 rings (SSSR count). The van der Waals surface area contributed by atoms with Gasteiger partial charge in [0.1, 0.15) is 23.8 Å². The fourth-order valence-corrected chi connectivity index (χ4v) is 4.20. The van der Waals surface area contributed by atoms with Gasteiger partial charge in [0, 0.05) is 36.6 Å². The van der Waals surface area contributed by atoms with Gasteiger partial charge in [0.05, 0.1) is 35.6 Å². The number of imidazole rings is 1. The summed E-state index contributed by atoms with van der Waals surface area (Å²) in [6.45, 7) is 3.81. The molecule has 0 atom stereocenters. The SMILES string of the molecule is COc1ccncc1-c1cc2c(cnn2-c2cc3c(nc(C)n3C)c(OCC3(F)CC3)n2)c(C)n1. The van der Waals surface area contributed by atoms with E-state index < -0.39 is 5.67 Å². The lowest BCUT2D eigenvalue weighted by molar-refractivity contribution is 0.174. The highest BCUT2D eigenvalue weighted by molar-refractivity contribution is 5.88. The normalized spacial score (nSPS) is 14.5. The van der Waals surface area contributed by atoms with Crippen molar-refractivity contribution in [1.82, 2.24) is 34.3 Å². The van der Waals surface area contributed by atoms with Gasteiger partial charge < -0.3 is 14.0 Å². The minimum absolute atomic E-state index is 0.0397. The summed E-state index contributed by atoms with van der Waals surface area (Å²) in [5, 5.41) is 5.51. The summed E-state index contributed by atoms with van der Waals surface area (Å²) >= 11 is 0. The first-order chi connectivity index (χ1) is 16.9. The maximum atomic E-state index is 14.3. The molecule has 35 heavy (non-hydrogen) atoms. The molecule has 0 amide bonds. The van der Waals surface area contributed by atoms with E-state index in [1.54, 1.807) is 36.4 Å². The van der Waals surface area contributed by atoms with Gasteiger partial charge in [0.25, 0.3) is 0 Å². The van der Waals surface area contributed by atoms with Crippen LogP contribution in [0.1, 0.15) is 24.4 Å². The van der Waals surface area contributed by atoms with Gasteiger partial charge in [0.15, 0.2) is 11.3 Å². The van der Waals surface area contributed by atoms with E-state index in [1.807, 2.05) is 37.6 Å². The van der Waals surface area contributed by atoms with Gasteiger partial charge in [-0.15, -0.1) is 0 Å². The molecule has 5 aromatic heterocycles. The summed E-state index contributed by atoms with van der Waals surface area (Å²) < 4.78 is 29.4. The zero-order chi connectivity index (χ0) is 24.3. The summed E-state index contributed by atoms with van der Waals surface area (Å²) in [7, 11) is 3.55. The Morgan fingerprint density at radius 2 is 1.91 bits per heavy atom. The number of fused-ring (bicyclic) bond motifs is 2. The molecule has 0 aromatic carbocycles. The number of nitrogens with zero attached hydrogens (tertiary/aromatic N) is 7. The second kappa shape index (κ2) is 7.72. The van der Waals surface area contributed by atoms with Crippen molar-refractivity contribution in [3.63, 3.8) is 0 Å². The first kappa shape index (κ1) is 21.5. The van der Waals surface area contributed by atoms with Crippen LogP contribution >= 0.6 is 0 Å². The summed E-state index contributed by atoms with van der Waals surface area (Å²) in [5.74, 6) is 2.33. The Morgan fingerprint density at radius 3 is 2.69 bits per heavy atom. The van der Waals surface area contributed by atoms with Gasteiger partial charge in [-0.25, -0.2) is 14.1 Å². The number of aryl methyl sites for hydroxylation is 3. The highest BCUT2D eigenvalue weighted by atomic mass is 19.1. The third-order valence-corrected chi connectivity index (χ3v) is 6.56. The minimum atomic E-state index is -1.27. The largest absolute Gasteiger partial charge is 0.496 e. The summed E-state index contributed by atoms with van der Waals surface area (Å²) in [6, 6.07) is 5.66. The van der Waals surface area contributed by atoms with Crippen molar-refractivity contribution in [3.8, 4) is 28.7 Å². The number of halogens is 1. The van der Waals surface area contributed by atoms with Crippen LogP contribution in [0, 0.1) is 13.8 Å². The van der Waals surface area contributed by atoms with Crippen molar-refractivity contribution in [1.29, 1.82) is 0 Å². The average Bonchev–Trinajstić information content (AvgIpc) is 3.32. The van der Waals surface area contributed by atoms with Crippen molar-refractivity contribution in [3.05, 3.63) is 48.3 Å². The Balaban J connectivity index is 1.53. The third kappa shape index (κ3) is 3.56. The number of hydrogen-bond donors (Lipinski definition) is 0. The molecule has 178 valence electrons. The standard InChI is InChI=1S/C25H24FN7O2/c1-14-16-12-28-33(19(16)9-18(29-14)17-11-27-8-5-21(17)34-4)22-10-20-23(30-15(2)32(20)3)24(31-22)35-13-25(26)6-7-25/h5,8-12H,6-7,13H2,1-4H3. The van der Waals surface area contributed by atoms with Gasteiger partial charge in [-0.05, 0) is 38.8 Å². The first-order valence-corrected chi connectivity index (χ1v) is 11.4. The van der Waals surface area contributed by atoms with E-state index in [0.29, 0.717) is 41.5 Å². The number of rotatable bonds is 6. The van der Waals surface area contributed by atoms with Crippen LogP contribution in [-0.4, -0.2) is 53.7 Å². The van der Waals surface area contributed by atoms with E-state index >= 15 is 0 Å². The highest BCUT2D eigenvalue weighted by Crippen LogP contribution is 2.40. The van der Waals surface area contributed by atoms with Crippen molar-refractivity contribution >= 4 is 21.9 Å². The van der Waals surface area contributed by atoms with Gasteiger partial charge in [-0.2, -0.15) is 10.1 Å². The lowest BCUT2D eigenvalue weighted by atomic mass is 10.1. The summed E-state index contributed by atoms with van der Waals surface area (Å²) in [4.78, 5) is 18.3. The van der Waals surface area contributed by atoms with Crippen LogP contribution < -0.4 is 9.47 Å². The quantitative estimate of drug-likeness (QED) is 0.364. The predicted octanol–water partition coefficient (Wildman–Crippen LogP) is 4.27. The van der Waals surface area contributed by atoms with Crippen LogP contribution in [-0.2, 0) is 7.05 Å². The zero-order valence-corrected chi connectivity index (χ0v) is 19.9. The molecule has 0 unspecified atom stereocenters. The average molecular weight is 474 g/mol. The van der Waals surface area contributed by atoms with Crippen molar-refractivity contribution in [2.24, 2.45) is 7.05 Å². The molecule has 0 spiro atoms. The second-order valence-electron chi connectivity index (χ2n) is 8.97. The number of aromatic nitrogens is 7. The molecule has 0 aliphatic heterocycles. The van der Waals surface area contributed by atoms with E-state index in [2.05, 4.69) is 15.1 Å². The molecule has 0 radical (unpaired) electrons. The lowest BCUT2D eigenvalue weighted by Crippen LogP contribution is -2.15. The molecule has 5 heterocycles. The molecule has 1 aliphatic rings. The van der Waals surface area contributed by atoms with Crippen LogP contribution in [0.15, 0.2) is 36.8 Å². The van der Waals surface area contributed by atoms with E-state index in [9.17, 15) is 4.39 Å². The summed E-state index contributed by atoms with van der Waals surface area (Å²) in [5.41, 5.74) is 3.29. The maximum Gasteiger partial charge on any atom is 0.244 e. The molecular formula is C25H24FN7O2. The second-order valence-corrected chi connectivity index (χ2v) is 8.97. The van der Waals surface area contributed by atoms with Gasteiger partial charge in [0.2, 0.25) is 5.88 Å². The number of methoxy groups -OCH3 is 1. The Morgan fingerprint density at radius 1 is 1.09 bits per heavy atom. The fraction of sp³-hybridized carbons (Fsp3) is 0.320. The number of ether oxygens (including phenoxy) is 2. The minimum Gasteiger partial charge on any atom is -0.496 e. The molecule has 1 fully saturated rings. The van der Waals surface area contributed by atoms with Crippen LogP contribution in [0.25, 0.3) is 39.0 Å². The maximum absolute atomic E-state index is 14.3. The fourth-order valence-electron chi connectivity index (χ4n) is 4.20. The topological polar surface area (TPSA) is 92.8 Å². The number of alkyl halides is 1. The molecule has 9 nitrogen and oxygen atoms in total. The molecule has 0 N–H and O–H groups in total. The number of hydrogen-bond acceptors (Lipinski definition) is 7. The van der Waals surface area contributed by atoms with E-state index in [1.165, 1.54) is 0 Å². The van der Waals surface area contributed by atoms with E-state index in [-0.39, 0.29) is 6.61 Å². The van der Waals surface area contributed by atoms with E-state index in [4.69, 9.17) is 19.4 Å². The van der Waals surface area contributed by atoms with Crippen LogP contribution in [0.2, 0.25) is 0 Å². The van der Waals surface area contributed by atoms with Gasteiger partial charge >= 0.3 is 0 Å². The lowest BCUT2D eigenvalue weighted by Gasteiger charge is -2.12. The molecule has 1 aliphatic carbocycles. The Labute approximate surface area is 200 Å². The first-order valence-electron chi connectivity index (χ1n) is 11.4. The number of pyridine rings is 3. The molecule has 10 heteroatoms. The van der Waals surface area contributed by atoms with Crippen molar-refractivity contribution < 1.29 is 13.9 Å². The molecule has 0 saturated heterocycles. The van der Waals surface area contributed by atoms with Gasteiger partial charge in [-0.1, -0.05) is 0 Å². The monoisotopic (exact) mass is 473 g/mol. The van der Waals surface area contributed by atoms with E-state index in [0.717, 1.165) is 33.5 Å². The molecule has 1 saturated carbocycles. The van der Waals surface area contributed by atoms with Crippen LogP contribution in [0.5, 0.6) is 11.6 Å². The van der Waals surface area contributed by atoms with Gasteiger partial charge in [-0.3, -0.25) is 9.97 Å². The molecular weight excluding hydrogens is 449 g/mol. The van der Waals surface area contributed by atoms with Crippen LogP contribution in [0.4, 0.5) is 4.39 Å². The smallest absolute Gasteiger partial charge is 0.244 e. The third-order valence-electron chi connectivity index (χ3n) is 6.56.